The van der Waals surface area contributed by atoms with Gasteiger partial charge in [0.25, 0.3) is 0 Å². The highest BCUT2D eigenvalue weighted by molar-refractivity contribution is 7.84. The van der Waals surface area contributed by atoms with Gasteiger partial charge in [-0.2, -0.15) is 5.26 Å². The van der Waals surface area contributed by atoms with Crippen molar-refractivity contribution in [1.82, 2.24) is 0 Å². The molecule has 0 saturated heterocycles. The smallest absolute Gasteiger partial charge is 0.128 e. The Kier molecular flexibility index (Phi) is 4.31. The Bertz CT molecular complexity index is 719. The molecule has 102 valence electrons. The van der Waals surface area contributed by atoms with E-state index in [4.69, 9.17) is 5.26 Å². The van der Waals surface area contributed by atoms with E-state index < -0.39 is 16.6 Å². The quantitative estimate of drug-likeness (QED) is 0.865. The standard InChI is InChI=1S/C16H14FNOS/c1-11-3-6-16(12(2)7-11)20(19)10-14-5-4-13(9-18)8-15(14)17/h3-8H,10H2,1-2H3. The first-order valence-corrected chi connectivity index (χ1v) is 7.47. The van der Waals surface area contributed by atoms with Gasteiger partial charge in [-0.05, 0) is 37.6 Å². The highest BCUT2D eigenvalue weighted by Gasteiger charge is 2.11. The van der Waals surface area contributed by atoms with E-state index in [-0.39, 0.29) is 11.3 Å². The Morgan fingerprint density at radius 3 is 2.55 bits per heavy atom. The first kappa shape index (κ1) is 14.4. The van der Waals surface area contributed by atoms with Gasteiger partial charge in [-0.15, -0.1) is 0 Å². The first-order valence-electron chi connectivity index (χ1n) is 6.15. The first-order chi connectivity index (χ1) is 9.51. The number of hydrogen-bond acceptors (Lipinski definition) is 2. The van der Waals surface area contributed by atoms with Crippen molar-refractivity contribution in [1.29, 1.82) is 5.26 Å². The van der Waals surface area contributed by atoms with Gasteiger partial charge in [0, 0.05) is 10.5 Å². The molecule has 0 saturated carbocycles. The zero-order valence-electron chi connectivity index (χ0n) is 11.3. The predicted octanol–water partition coefficient (Wildman–Crippen LogP) is 3.62. The van der Waals surface area contributed by atoms with E-state index in [1.807, 2.05) is 38.1 Å². The normalized spacial score (nSPS) is 11.9. The third kappa shape index (κ3) is 3.12. The molecule has 0 spiro atoms. The van der Waals surface area contributed by atoms with Crippen LogP contribution in [0.1, 0.15) is 22.3 Å². The fraction of sp³-hybridized carbons (Fsp3) is 0.188. The summed E-state index contributed by atoms with van der Waals surface area (Å²) < 4.78 is 26.1. The van der Waals surface area contributed by atoms with Crippen LogP contribution in [0, 0.1) is 31.0 Å². The molecule has 2 rings (SSSR count). The molecule has 1 atom stereocenters. The lowest BCUT2D eigenvalue weighted by molar-refractivity contribution is 0.614. The summed E-state index contributed by atoms with van der Waals surface area (Å²) in [6, 6.07) is 11.8. The molecule has 0 aliphatic carbocycles. The van der Waals surface area contributed by atoms with Gasteiger partial charge in [0.15, 0.2) is 0 Å². The van der Waals surface area contributed by atoms with Gasteiger partial charge < -0.3 is 0 Å². The second kappa shape index (κ2) is 5.98. The molecule has 0 radical (unpaired) electrons. The summed E-state index contributed by atoms with van der Waals surface area (Å²) >= 11 is 0. The molecule has 0 fully saturated rings. The lowest BCUT2D eigenvalue weighted by Crippen LogP contribution is -2.01. The number of halogens is 1. The summed E-state index contributed by atoms with van der Waals surface area (Å²) in [6.07, 6.45) is 0. The van der Waals surface area contributed by atoms with Crippen LogP contribution in [0.5, 0.6) is 0 Å². The molecule has 4 heteroatoms. The summed E-state index contributed by atoms with van der Waals surface area (Å²) in [5.74, 6) is -0.372. The molecule has 0 amide bonds. The van der Waals surface area contributed by atoms with Crippen LogP contribution in [0.3, 0.4) is 0 Å². The number of nitrogens with zero attached hydrogens (tertiary/aromatic N) is 1. The summed E-state index contributed by atoms with van der Waals surface area (Å²) in [5.41, 5.74) is 2.68. The van der Waals surface area contributed by atoms with Gasteiger partial charge in [-0.1, -0.05) is 23.8 Å². The minimum Gasteiger partial charge on any atom is -0.254 e. The fourth-order valence-corrected chi connectivity index (χ4v) is 3.32. The lowest BCUT2D eigenvalue weighted by Gasteiger charge is -2.08. The van der Waals surface area contributed by atoms with Crippen LogP contribution in [0.2, 0.25) is 0 Å². The maximum Gasteiger partial charge on any atom is 0.128 e. The SMILES string of the molecule is Cc1ccc(S(=O)Cc2ccc(C#N)cc2F)c(C)c1. The van der Waals surface area contributed by atoms with E-state index in [1.165, 1.54) is 18.2 Å². The Morgan fingerprint density at radius 2 is 1.95 bits per heavy atom. The van der Waals surface area contributed by atoms with Crippen LogP contribution < -0.4 is 0 Å². The largest absolute Gasteiger partial charge is 0.254 e. The van der Waals surface area contributed by atoms with Crippen LogP contribution in [-0.2, 0) is 16.6 Å². The van der Waals surface area contributed by atoms with Gasteiger partial charge >= 0.3 is 0 Å². The van der Waals surface area contributed by atoms with E-state index in [1.54, 1.807) is 0 Å². The average Bonchev–Trinajstić information content (AvgIpc) is 2.40. The molecule has 0 heterocycles. The molecule has 2 aromatic carbocycles. The molecule has 20 heavy (non-hydrogen) atoms. The lowest BCUT2D eigenvalue weighted by atomic mass is 10.1. The highest BCUT2D eigenvalue weighted by atomic mass is 32.2. The monoisotopic (exact) mass is 287 g/mol. The van der Waals surface area contributed by atoms with Gasteiger partial charge in [0.2, 0.25) is 0 Å². The fourth-order valence-electron chi connectivity index (χ4n) is 2.01. The predicted molar refractivity (Wildman–Crippen MR) is 77.1 cm³/mol. The van der Waals surface area contributed by atoms with Crippen molar-refractivity contribution in [2.75, 3.05) is 0 Å². The van der Waals surface area contributed by atoms with Crippen molar-refractivity contribution in [3.05, 3.63) is 64.5 Å². The van der Waals surface area contributed by atoms with Gasteiger partial charge in [0.05, 0.1) is 28.2 Å². The van der Waals surface area contributed by atoms with Crippen molar-refractivity contribution in [2.24, 2.45) is 0 Å². The Balaban J connectivity index is 2.26. The molecule has 0 N–H and O–H groups in total. The average molecular weight is 287 g/mol. The van der Waals surface area contributed by atoms with Crippen LogP contribution in [0.15, 0.2) is 41.3 Å². The number of nitriles is 1. The molecule has 1 unspecified atom stereocenters. The van der Waals surface area contributed by atoms with E-state index >= 15 is 0 Å². The Morgan fingerprint density at radius 1 is 1.20 bits per heavy atom. The van der Waals surface area contributed by atoms with E-state index in [0.717, 1.165) is 16.0 Å². The molecule has 0 aliphatic rings. The molecular formula is C16H14FNOS. The minimum absolute atomic E-state index is 0.113. The van der Waals surface area contributed by atoms with Crippen LogP contribution in [0.4, 0.5) is 4.39 Å². The maximum atomic E-state index is 13.8. The van der Waals surface area contributed by atoms with Crippen LogP contribution in [-0.4, -0.2) is 4.21 Å². The third-order valence-corrected chi connectivity index (χ3v) is 4.57. The summed E-state index contributed by atoms with van der Waals surface area (Å²) in [7, 11) is -1.30. The summed E-state index contributed by atoms with van der Waals surface area (Å²) in [5, 5.41) is 8.70. The van der Waals surface area contributed by atoms with Gasteiger partial charge in [0.1, 0.15) is 5.82 Å². The molecule has 2 nitrogen and oxygen atoms in total. The van der Waals surface area contributed by atoms with Crippen molar-refractivity contribution in [3.8, 4) is 6.07 Å². The van der Waals surface area contributed by atoms with E-state index in [2.05, 4.69) is 0 Å². The third-order valence-electron chi connectivity index (χ3n) is 3.04. The van der Waals surface area contributed by atoms with Crippen molar-refractivity contribution < 1.29 is 8.60 Å². The zero-order valence-corrected chi connectivity index (χ0v) is 12.1. The van der Waals surface area contributed by atoms with Crippen molar-refractivity contribution >= 4 is 10.8 Å². The topological polar surface area (TPSA) is 40.9 Å². The van der Waals surface area contributed by atoms with Gasteiger partial charge in [-0.25, -0.2) is 4.39 Å². The summed E-state index contributed by atoms with van der Waals surface area (Å²) in [6.45, 7) is 3.87. The number of rotatable bonds is 3. The van der Waals surface area contributed by atoms with E-state index in [0.29, 0.717) is 5.56 Å². The Labute approximate surface area is 120 Å². The van der Waals surface area contributed by atoms with E-state index in [9.17, 15) is 8.60 Å². The molecule has 0 bridgehead atoms. The molecular weight excluding hydrogens is 273 g/mol. The maximum absolute atomic E-state index is 13.8. The zero-order chi connectivity index (χ0) is 14.7. The van der Waals surface area contributed by atoms with Crippen molar-refractivity contribution in [3.63, 3.8) is 0 Å². The van der Waals surface area contributed by atoms with Crippen LogP contribution in [0.25, 0.3) is 0 Å². The number of benzene rings is 2. The second-order valence-electron chi connectivity index (χ2n) is 4.68. The molecule has 0 aromatic heterocycles. The second-order valence-corrected chi connectivity index (χ2v) is 6.10. The minimum atomic E-state index is -1.30. The van der Waals surface area contributed by atoms with Gasteiger partial charge in [-0.3, -0.25) is 4.21 Å². The molecule has 2 aromatic rings. The summed E-state index contributed by atoms with van der Waals surface area (Å²) in [4.78, 5) is 0.722. The van der Waals surface area contributed by atoms with Crippen LogP contribution >= 0.6 is 0 Å². The van der Waals surface area contributed by atoms with Crippen molar-refractivity contribution in [2.45, 2.75) is 24.5 Å². The number of hydrogen-bond donors (Lipinski definition) is 0. The number of aryl methyl sites for hydroxylation is 2. The molecule has 0 aliphatic heterocycles. The Hall–Kier alpha value is -1.99. The highest BCUT2D eigenvalue weighted by Crippen LogP contribution is 2.20.